The summed E-state index contributed by atoms with van der Waals surface area (Å²) in [6.07, 6.45) is -0.763. The van der Waals surface area contributed by atoms with Crippen LogP contribution in [0.25, 0.3) is 0 Å². The first-order chi connectivity index (χ1) is 7.70. The van der Waals surface area contributed by atoms with E-state index in [9.17, 15) is 10.2 Å². The van der Waals surface area contributed by atoms with Crippen LogP contribution in [0.1, 0.15) is 11.6 Å². The van der Waals surface area contributed by atoms with Gasteiger partial charge in [-0.3, -0.25) is 0 Å². The summed E-state index contributed by atoms with van der Waals surface area (Å²) < 4.78 is 5.39. The summed E-state index contributed by atoms with van der Waals surface area (Å²) in [6.45, 7) is 0.519. The molecule has 2 atom stereocenters. The Morgan fingerprint density at radius 1 is 1.50 bits per heavy atom. The first-order valence-corrected chi connectivity index (χ1v) is 5.18. The third kappa shape index (κ3) is 2.27. The predicted molar refractivity (Wildman–Crippen MR) is 57.4 cm³/mol. The number of aliphatic hydroxyl groups excluding tert-OH is 2. The van der Waals surface area contributed by atoms with Crippen LogP contribution in [0.5, 0.6) is 11.5 Å². The monoisotopic (exact) mass is 225 g/mol. The van der Waals surface area contributed by atoms with Gasteiger partial charge in [-0.25, -0.2) is 0 Å². The van der Waals surface area contributed by atoms with Gasteiger partial charge in [0, 0.05) is 18.2 Å². The lowest BCUT2D eigenvalue weighted by Crippen LogP contribution is -2.33. The van der Waals surface area contributed by atoms with E-state index in [2.05, 4.69) is 5.32 Å². The molecule has 1 aromatic rings. The Kier molecular flexibility index (Phi) is 3.28. The van der Waals surface area contributed by atoms with E-state index in [0.29, 0.717) is 18.9 Å². The summed E-state index contributed by atoms with van der Waals surface area (Å²) in [7, 11) is 0. The molecule has 1 aliphatic heterocycles. The van der Waals surface area contributed by atoms with Gasteiger partial charge >= 0.3 is 0 Å². The molecule has 16 heavy (non-hydrogen) atoms. The van der Waals surface area contributed by atoms with Crippen LogP contribution in [-0.4, -0.2) is 41.2 Å². The third-order valence-electron chi connectivity index (χ3n) is 2.59. The number of rotatable bonds is 4. The Bertz CT molecular complexity index is 369. The molecule has 5 nitrogen and oxygen atoms in total. The first kappa shape index (κ1) is 11.2. The lowest BCUT2D eigenvalue weighted by atomic mass is 10.1. The van der Waals surface area contributed by atoms with Crippen LogP contribution in [0, 0.1) is 0 Å². The first-order valence-electron chi connectivity index (χ1n) is 5.18. The summed E-state index contributed by atoms with van der Waals surface area (Å²) in [4.78, 5) is 0. The van der Waals surface area contributed by atoms with Crippen LogP contribution >= 0.6 is 0 Å². The van der Waals surface area contributed by atoms with Crippen molar-refractivity contribution in [2.24, 2.45) is 0 Å². The van der Waals surface area contributed by atoms with Gasteiger partial charge in [0.25, 0.3) is 0 Å². The van der Waals surface area contributed by atoms with Crippen LogP contribution in [0.2, 0.25) is 0 Å². The maximum atomic E-state index is 9.27. The summed E-state index contributed by atoms with van der Waals surface area (Å²) >= 11 is 0. The number of fused-ring (bicyclic) bond motifs is 1. The smallest absolute Gasteiger partial charge is 0.127 e. The molecule has 2 unspecified atom stereocenters. The maximum absolute atomic E-state index is 9.27. The Labute approximate surface area is 93.3 Å². The zero-order valence-electron chi connectivity index (χ0n) is 8.76. The van der Waals surface area contributed by atoms with E-state index < -0.39 is 6.10 Å². The third-order valence-corrected chi connectivity index (χ3v) is 2.59. The van der Waals surface area contributed by atoms with Gasteiger partial charge in [0.1, 0.15) is 18.1 Å². The molecule has 1 heterocycles. The molecule has 0 spiro atoms. The summed E-state index contributed by atoms with van der Waals surface area (Å²) in [5, 5.41) is 30.3. The second-order valence-electron chi connectivity index (χ2n) is 3.83. The normalized spacial score (nSPS) is 20.2. The number of aromatic hydroxyl groups is 1. The number of hydrogen-bond acceptors (Lipinski definition) is 5. The molecule has 0 amide bonds. The van der Waals surface area contributed by atoms with Crippen LogP contribution in [0.15, 0.2) is 18.2 Å². The molecule has 0 fully saturated rings. The fraction of sp³-hybridized carbons (Fsp3) is 0.455. The number of ether oxygens (including phenoxy) is 1. The second-order valence-corrected chi connectivity index (χ2v) is 3.83. The van der Waals surface area contributed by atoms with E-state index in [-0.39, 0.29) is 18.4 Å². The molecule has 2 rings (SSSR count). The van der Waals surface area contributed by atoms with Crippen LogP contribution < -0.4 is 10.1 Å². The van der Waals surface area contributed by atoms with Crippen molar-refractivity contribution in [3.63, 3.8) is 0 Å². The van der Waals surface area contributed by atoms with Crippen molar-refractivity contribution in [2.75, 3.05) is 19.8 Å². The molecule has 0 saturated carbocycles. The lowest BCUT2D eigenvalue weighted by Gasteiger charge is -2.14. The molecule has 4 N–H and O–H groups in total. The van der Waals surface area contributed by atoms with Gasteiger partial charge in [-0.2, -0.15) is 0 Å². The molecule has 88 valence electrons. The van der Waals surface area contributed by atoms with Gasteiger partial charge in [-0.15, -0.1) is 0 Å². The molecule has 0 aromatic heterocycles. The highest BCUT2D eigenvalue weighted by Crippen LogP contribution is 2.34. The van der Waals surface area contributed by atoms with Crippen molar-refractivity contribution in [1.29, 1.82) is 0 Å². The Morgan fingerprint density at radius 3 is 3.06 bits per heavy atom. The SMILES string of the molecule is OCC(O)CNC1COc2cc(O)ccc21. The van der Waals surface area contributed by atoms with Gasteiger partial charge < -0.3 is 25.4 Å². The summed E-state index contributed by atoms with van der Waals surface area (Å²) in [6, 6.07) is 4.96. The molecule has 0 radical (unpaired) electrons. The van der Waals surface area contributed by atoms with Crippen LogP contribution in [-0.2, 0) is 0 Å². The van der Waals surface area contributed by atoms with Gasteiger partial charge in [-0.05, 0) is 12.1 Å². The van der Waals surface area contributed by atoms with Crippen molar-refractivity contribution in [2.45, 2.75) is 12.1 Å². The quantitative estimate of drug-likeness (QED) is 0.569. The van der Waals surface area contributed by atoms with Gasteiger partial charge in [0.15, 0.2) is 0 Å². The zero-order chi connectivity index (χ0) is 11.5. The van der Waals surface area contributed by atoms with E-state index in [1.54, 1.807) is 18.2 Å². The highest BCUT2D eigenvalue weighted by atomic mass is 16.5. The number of phenols is 1. The lowest BCUT2D eigenvalue weighted by molar-refractivity contribution is 0.0909. The highest BCUT2D eigenvalue weighted by molar-refractivity contribution is 5.44. The maximum Gasteiger partial charge on any atom is 0.127 e. The average Bonchev–Trinajstić information content (AvgIpc) is 2.68. The van der Waals surface area contributed by atoms with Gasteiger partial charge in [0.05, 0.1) is 18.8 Å². The number of nitrogens with one attached hydrogen (secondary N) is 1. The number of aliphatic hydroxyl groups is 2. The van der Waals surface area contributed by atoms with E-state index in [1.165, 1.54) is 0 Å². The fourth-order valence-corrected chi connectivity index (χ4v) is 1.71. The van der Waals surface area contributed by atoms with E-state index >= 15 is 0 Å². The van der Waals surface area contributed by atoms with Gasteiger partial charge in [-0.1, -0.05) is 0 Å². The molecule has 1 aliphatic rings. The minimum atomic E-state index is -0.763. The Balaban J connectivity index is 2.01. The van der Waals surface area contributed by atoms with Crippen molar-refractivity contribution >= 4 is 0 Å². The predicted octanol–water partition coefficient (Wildman–Crippen LogP) is -0.232. The zero-order valence-corrected chi connectivity index (χ0v) is 8.76. The van der Waals surface area contributed by atoms with Crippen molar-refractivity contribution in [1.82, 2.24) is 5.32 Å². The van der Waals surface area contributed by atoms with Crippen LogP contribution in [0.4, 0.5) is 0 Å². The van der Waals surface area contributed by atoms with E-state index in [1.807, 2.05) is 0 Å². The highest BCUT2D eigenvalue weighted by Gasteiger charge is 2.24. The van der Waals surface area contributed by atoms with Crippen LogP contribution in [0.3, 0.4) is 0 Å². The Hall–Kier alpha value is -1.30. The number of benzene rings is 1. The Morgan fingerprint density at radius 2 is 2.31 bits per heavy atom. The molecule has 0 aliphatic carbocycles. The average molecular weight is 225 g/mol. The van der Waals surface area contributed by atoms with E-state index in [0.717, 1.165) is 5.56 Å². The topological polar surface area (TPSA) is 82.0 Å². The number of hydrogen-bond donors (Lipinski definition) is 4. The molecule has 1 aromatic carbocycles. The van der Waals surface area contributed by atoms with Crippen molar-refractivity contribution in [3.05, 3.63) is 23.8 Å². The van der Waals surface area contributed by atoms with E-state index in [4.69, 9.17) is 9.84 Å². The standard InChI is InChI=1S/C11H15NO4/c13-5-8(15)4-12-10-6-16-11-3-7(14)1-2-9(10)11/h1-3,8,10,12-15H,4-6H2. The van der Waals surface area contributed by atoms with Gasteiger partial charge in [0.2, 0.25) is 0 Å². The summed E-state index contributed by atoms with van der Waals surface area (Å²) in [5.74, 6) is 0.839. The molecular weight excluding hydrogens is 210 g/mol. The molecular formula is C11H15NO4. The molecule has 5 heteroatoms. The molecule has 0 bridgehead atoms. The summed E-state index contributed by atoms with van der Waals surface area (Å²) in [5.41, 5.74) is 0.961. The minimum Gasteiger partial charge on any atom is -0.508 e. The van der Waals surface area contributed by atoms with Crippen molar-refractivity contribution < 1.29 is 20.1 Å². The largest absolute Gasteiger partial charge is 0.508 e. The molecule has 0 saturated heterocycles. The fourth-order valence-electron chi connectivity index (χ4n) is 1.71. The minimum absolute atomic E-state index is 0.00296. The van der Waals surface area contributed by atoms with Crippen molar-refractivity contribution in [3.8, 4) is 11.5 Å². The second kappa shape index (κ2) is 4.69. The number of phenolic OH excluding ortho intramolecular Hbond substituents is 1.